The van der Waals surface area contributed by atoms with E-state index in [4.69, 9.17) is 16.3 Å². The molecule has 6 atom stereocenters. The number of hydrogen-bond donors (Lipinski definition) is 3. The number of allylic oxidation sites excluding steroid dienone is 1. The molecule has 2 aliphatic heterocycles. The van der Waals surface area contributed by atoms with Crippen molar-refractivity contribution in [3.8, 4) is 5.75 Å². The number of anilines is 1. The van der Waals surface area contributed by atoms with E-state index in [0.29, 0.717) is 42.6 Å². The van der Waals surface area contributed by atoms with Crippen LogP contribution >= 0.6 is 11.6 Å². The van der Waals surface area contributed by atoms with E-state index in [1.165, 1.54) is 5.56 Å². The van der Waals surface area contributed by atoms with Gasteiger partial charge in [0, 0.05) is 18.1 Å². The number of ether oxygens (including phenoxy) is 1. The normalized spacial score (nSPS) is 32.0. The molecule has 4 aliphatic rings. The molecule has 3 N–H and O–H groups in total. The van der Waals surface area contributed by atoms with Crippen LogP contribution in [0.1, 0.15) is 87.6 Å². The van der Waals surface area contributed by atoms with Crippen LogP contribution in [0.2, 0.25) is 5.02 Å². The zero-order valence-corrected chi connectivity index (χ0v) is 27.3. The lowest BCUT2D eigenvalue weighted by Gasteiger charge is -2.42. The van der Waals surface area contributed by atoms with Gasteiger partial charge in [-0.1, -0.05) is 62.1 Å². The fourth-order valence-electron chi connectivity index (χ4n) is 7.44. The second kappa shape index (κ2) is 13.7. The number of halogens is 1. The maximum absolute atomic E-state index is 13.8. The van der Waals surface area contributed by atoms with Crippen molar-refractivity contribution in [2.24, 2.45) is 23.7 Å². The topological polar surface area (TPSA) is 99.1 Å². The Morgan fingerprint density at radius 1 is 1.02 bits per heavy atom. The summed E-state index contributed by atoms with van der Waals surface area (Å²) in [7, 11) is -3.84. The minimum Gasteiger partial charge on any atom is -0.487 e. The summed E-state index contributed by atoms with van der Waals surface area (Å²) in [5.74, 6) is 1.43. The third kappa shape index (κ3) is 7.15. The number of fused-ring (bicyclic) bond motifs is 3. The fraction of sp³-hybridized carbons (Fsp3) is 0.600. The highest BCUT2D eigenvalue weighted by atomic mass is 35.5. The van der Waals surface area contributed by atoms with Gasteiger partial charge in [0.25, 0.3) is 0 Å². The van der Waals surface area contributed by atoms with Crippen LogP contribution in [-0.4, -0.2) is 43.1 Å². The van der Waals surface area contributed by atoms with Crippen LogP contribution in [0.4, 0.5) is 5.69 Å². The van der Waals surface area contributed by atoms with E-state index < -0.39 is 27.6 Å². The summed E-state index contributed by atoms with van der Waals surface area (Å²) in [4.78, 5) is 2.32. The third-order valence-corrected chi connectivity index (χ3v) is 12.9. The summed E-state index contributed by atoms with van der Waals surface area (Å²) >= 11 is 6.33. The molecule has 240 valence electrons. The molecule has 2 fully saturated rings. The Morgan fingerprint density at radius 3 is 2.61 bits per heavy atom. The molecule has 1 unspecified atom stereocenters. The molecule has 0 amide bonds. The van der Waals surface area contributed by atoms with Crippen LogP contribution in [0.5, 0.6) is 5.75 Å². The van der Waals surface area contributed by atoms with Crippen LogP contribution in [-0.2, 0) is 23.1 Å². The van der Waals surface area contributed by atoms with Gasteiger partial charge >= 0.3 is 0 Å². The zero-order chi connectivity index (χ0) is 30.8. The number of nitrogens with one attached hydrogen (secondary N) is 1. The average molecular weight is 643 g/mol. The summed E-state index contributed by atoms with van der Waals surface area (Å²) in [5, 5.41) is 22.6. The van der Waals surface area contributed by atoms with E-state index in [1.54, 1.807) is 6.07 Å². The van der Waals surface area contributed by atoms with Gasteiger partial charge in [-0.2, -0.15) is 4.72 Å². The van der Waals surface area contributed by atoms with Crippen LogP contribution in [0.25, 0.3) is 0 Å². The summed E-state index contributed by atoms with van der Waals surface area (Å²) in [5.41, 5.74) is 3.63. The number of hydrogen-bond acceptors (Lipinski definition) is 6. The van der Waals surface area contributed by atoms with Gasteiger partial charge in [0.2, 0.25) is 10.0 Å². The molecule has 2 aromatic carbocycles. The van der Waals surface area contributed by atoms with Crippen molar-refractivity contribution in [1.29, 1.82) is 0 Å². The van der Waals surface area contributed by atoms with Gasteiger partial charge in [-0.3, -0.25) is 0 Å². The molecule has 0 spiro atoms. The molecule has 2 bridgehead atoms. The second-order valence-electron chi connectivity index (χ2n) is 13.6. The molecule has 0 aromatic heterocycles. The Morgan fingerprint density at radius 2 is 1.86 bits per heavy atom. The molecular weight excluding hydrogens is 596 g/mol. The minimum absolute atomic E-state index is 0.150. The van der Waals surface area contributed by atoms with Crippen molar-refractivity contribution in [2.75, 3.05) is 18.0 Å². The molecule has 44 heavy (non-hydrogen) atoms. The quantitative estimate of drug-likeness (QED) is 0.323. The van der Waals surface area contributed by atoms with E-state index in [0.717, 1.165) is 80.7 Å². The van der Waals surface area contributed by atoms with Crippen LogP contribution in [0, 0.1) is 23.7 Å². The van der Waals surface area contributed by atoms with E-state index in [2.05, 4.69) is 9.62 Å². The van der Waals surface area contributed by atoms with Crippen molar-refractivity contribution in [2.45, 2.75) is 95.3 Å². The predicted octanol–water partition coefficient (Wildman–Crippen LogP) is 6.51. The second-order valence-corrected chi connectivity index (χ2v) is 16.0. The lowest BCUT2D eigenvalue weighted by Crippen LogP contribution is -2.43. The van der Waals surface area contributed by atoms with E-state index in [1.807, 2.05) is 49.4 Å². The lowest BCUT2D eigenvalue weighted by atomic mass is 9.70. The smallest absolute Gasteiger partial charge is 0.217 e. The van der Waals surface area contributed by atoms with Crippen LogP contribution in [0.3, 0.4) is 0 Å². The average Bonchev–Trinajstić information content (AvgIpc) is 2.96. The maximum atomic E-state index is 13.8. The first-order chi connectivity index (χ1) is 21.2. The van der Waals surface area contributed by atoms with Crippen molar-refractivity contribution in [3.63, 3.8) is 0 Å². The van der Waals surface area contributed by atoms with Gasteiger partial charge < -0.3 is 19.8 Å². The van der Waals surface area contributed by atoms with Gasteiger partial charge in [-0.25, -0.2) is 8.42 Å². The SMILES string of the molecule is C[C@@H]1C/C=C/[C@H](O)[C@@H]2CC[C@H]2CN2CCCCc3cc(Cl)ccc3COc3ccc(cc32)C(O)NS(=O)(=O)[C@H]1CC1CCC1. The Labute approximate surface area is 267 Å². The van der Waals surface area contributed by atoms with Crippen LogP contribution in [0.15, 0.2) is 48.6 Å². The van der Waals surface area contributed by atoms with Gasteiger partial charge in [-0.05, 0) is 110 Å². The molecule has 9 heteroatoms. The highest BCUT2D eigenvalue weighted by molar-refractivity contribution is 7.90. The predicted molar refractivity (Wildman–Crippen MR) is 175 cm³/mol. The number of sulfonamides is 1. The number of aryl methyl sites for hydroxylation is 1. The van der Waals surface area contributed by atoms with E-state index in [9.17, 15) is 18.6 Å². The Kier molecular flexibility index (Phi) is 9.93. The van der Waals surface area contributed by atoms with Crippen molar-refractivity contribution in [1.82, 2.24) is 4.72 Å². The molecule has 2 heterocycles. The minimum atomic E-state index is -3.84. The number of benzene rings is 2. The first-order valence-corrected chi connectivity index (χ1v) is 18.4. The number of aliphatic hydroxyl groups excluding tert-OH is 2. The summed E-state index contributed by atoms with van der Waals surface area (Å²) in [6.07, 6.45) is 11.2. The Bertz CT molecular complexity index is 1440. The molecule has 7 nitrogen and oxygen atoms in total. The standard InChI is InChI=1S/C35H47ClN2O5S/c1-23-6-4-10-32(39)30-15-12-27(30)21-38-17-3-2-9-25-19-29(36)14-11-28(25)22-43-33-16-13-26(20-31(33)38)35(40)37-44(41,42)34(23)18-24-7-5-8-24/h4,10-11,13-14,16,19-20,23-24,27,30,32,34-35,37,39-40H,2-3,5-9,12,15,17-18,21-22H2,1H3/b10-4+/t23-,27+,30-,32+,34+,35?/m1/s1. The lowest BCUT2D eigenvalue weighted by molar-refractivity contribution is 0.0460. The number of aliphatic hydroxyl groups is 2. The van der Waals surface area contributed by atoms with Gasteiger partial charge in [0.05, 0.1) is 17.0 Å². The maximum Gasteiger partial charge on any atom is 0.217 e. The molecule has 0 saturated heterocycles. The molecule has 2 aromatic rings. The molecule has 6 rings (SSSR count). The Balaban J connectivity index is 1.36. The number of nitrogens with zero attached hydrogens (tertiary/aromatic N) is 1. The van der Waals surface area contributed by atoms with E-state index in [-0.39, 0.29) is 11.8 Å². The molecule has 2 aliphatic carbocycles. The summed E-state index contributed by atoms with van der Waals surface area (Å²) < 4.78 is 36.8. The van der Waals surface area contributed by atoms with Gasteiger partial charge in [-0.15, -0.1) is 0 Å². The van der Waals surface area contributed by atoms with Gasteiger partial charge in [0.1, 0.15) is 18.6 Å². The summed E-state index contributed by atoms with van der Waals surface area (Å²) in [6, 6.07) is 11.5. The number of rotatable bonds is 2. The van der Waals surface area contributed by atoms with E-state index >= 15 is 0 Å². The zero-order valence-electron chi connectivity index (χ0n) is 25.7. The molecular formula is C35H47ClN2O5S. The summed E-state index contributed by atoms with van der Waals surface area (Å²) in [6.45, 7) is 3.91. The van der Waals surface area contributed by atoms with Crippen molar-refractivity contribution in [3.05, 3.63) is 70.3 Å². The first kappa shape index (κ1) is 31.9. The van der Waals surface area contributed by atoms with Crippen molar-refractivity contribution < 1.29 is 23.4 Å². The highest BCUT2D eigenvalue weighted by Crippen LogP contribution is 2.42. The molecule has 2 saturated carbocycles. The third-order valence-electron chi connectivity index (χ3n) is 10.6. The van der Waals surface area contributed by atoms with Crippen molar-refractivity contribution >= 4 is 27.3 Å². The monoisotopic (exact) mass is 642 g/mol. The van der Waals surface area contributed by atoms with Crippen LogP contribution < -0.4 is 14.4 Å². The highest BCUT2D eigenvalue weighted by Gasteiger charge is 2.38. The largest absolute Gasteiger partial charge is 0.487 e. The van der Waals surface area contributed by atoms with Gasteiger partial charge in [0.15, 0.2) is 0 Å². The molecule has 0 radical (unpaired) electrons. The fourth-order valence-corrected chi connectivity index (χ4v) is 9.50. The first-order valence-electron chi connectivity index (χ1n) is 16.5. The Hall–Kier alpha value is -2.10.